The third-order valence-corrected chi connectivity index (χ3v) is 4.31. The molecule has 0 spiro atoms. The molecule has 0 unspecified atom stereocenters. The van der Waals surface area contributed by atoms with E-state index >= 15 is 0 Å². The Kier molecular flexibility index (Phi) is 6.22. The quantitative estimate of drug-likeness (QED) is 0.685. The lowest BCUT2D eigenvalue weighted by molar-refractivity contribution is 0.0263. The third kappa shape index (κ3) is 5.39. The van der Waals surface area contributed by atoms with E-state index in [1.54, 1.807) is 7.11 Å². The highest BCUT2D eigenvalue weighted by molar-refractivity contribution is 5.80. The summed E-state index contributed by atoms with van der Waals surface area (Å²) in [5.74, 6) is 0.967. The van der Waals surface area contributed by atoms with Crippen molar-refractivity contribution in [3.05, 3.63) is 41.5 Å². The number of rotatable bonds is 4. The molecule has 1 aliphatic heterocycles. The Morgan fingerprint density at radius 2 is 1.91 bits per heavy atom. The van der Waals surface area contributed by atoms with Gasteiger partial charge >= 0.3 is 0 Å². The van der Waals surface area contributed by atoms with Gasteiger partial charge in [0.05, 0.1) is 5.60 Å². The van der Waals surface area contributed by atoms with E-state index in [9.17, 15) is 0 Å². The fourth-order valence-electron chi connectivity index (χ4n) is 2.63. The van der Waals surface area contributed by atoms with Crippen molar-refractivity contribution < 1.29 is 4.74 Å². The Morgan fingerprint density at radius 3 is 2.48 bits per heavy atom. The zero-order valence-electron chi connectivity index (χ0n) is 14.8. The molecule has 126 valence electrons. The number of hydrogen-bond acceptors (Lipinski definition) is 2. The van der Waals surface area contributed by atoms with Crippen LogP contribution in [0.15, 0.2) is 40.9 Å². The topological polar surface area (TPSA) is 36.9 Å². The first-order valence-electron chi connectivity index (χ1n) is 8.29. The fraction of sp³-hybridized carbons (Fsp3) is 0.526. The third-order valence-electron chi connectivity index (χ3n) is 4.31. The molecular formula is C19H29N3O. The van der Waals surface area contributed by atoms with Crippen molar-refractivity contribution in [2.24, 2.45) is 4.99 Å². The van der Waals surface area contributed by atoms with E-state index in [0.717, 1.165) is 38.4 Å². The molecule has 1 aromatic carbocycles. The summed E-state index contributed by atoms with van der Waals surface area (Å²) < 4.78 is 5.46. The van der Waals surface area contributed by atoms with Gasteiger partial charge in [-0.05, 0) is 32.3 Å². The number of benzene rings is 1. The summed E-state index contributed by atoms with van der Waals surface area (Å²) >= 11 is 0. The minimum atomic E-state index is -0.190. The molecule has 0 amide bonds. The second-order valence-electron chi connectivity index (χ2n) is 6.56. The minimum absolute atomic E-state index is 0.190. The first-order chi connectivity index (χ1) is 11.0. The number of ether oxygens (including phenoxy) is 1. The van der Waals surface area contributed by atoms with Gasteiger partial charge in [-0.1, -0.05) is 42.0 Å². The highest BCUT2D eigenvalue weighted by atomic mass is 16.5. The molecule has 23 heavy (non-hydrogen) atoms. The van der Waals surface area contributed by atoms with E-state index in [1.165, 1.54) is 11.1 Å². The number of guanidine groups is 1. The predicted molar refractivity (Wildman–Crippen MR) is 97.7 cm³/mol. The van der Waals surface area contributed by atoms with Crippen molar-refractivity contribution in [3.63, 3.8) is 0 Å². The average molecular weight is 315 g/mol. The molecule has 1 N–H and O–H groups in total. The van der Waals surface area contributed by atoms with Gasteiger partial charge < -0.3 is 15.0 Å². The monoisotopic (exact) mass is 315 g/mol. The second-order valence-corrected chi connectivity index (χ2v) is 6.56. The van der Waals surface area contributed by atoms with Gasteiger partial charge in [-0.25, -0.2) is 0 Å². The van der Waals surface area contributed by atoms with Gasteiger partial charge in [-0.15, -0.1) is 0 Å². The van der Waals surface area contributed by atoms with Crippen LogP contribution in [0.25, 0.3) is 6.08 Å². The van der Waals surface area contributed by atoms with Gasteiger partial charge in [0, 0.05) is 33.8 Å². The molecule has 4 heteroatoms. The molecular weight excluding hydrogens is 286 g/mol. The Bertz CT molecular complexity index is 539. The molecule has 2 rings (SSSR count). The van der Waals surface area contributed by atoms with Crippen LogP contribution in [0.1, 0.15) is 32.3 Å². The van der Waals surface area contributed by atoms with E-state index in [2.05, 4.69) is 65.5 Å². The average Bonchev–Trinajstić information content (AvgIpc) is 2.58. The number of nitrogens with one attached hydrogen (secondary N) is 1. The van der Waals surface area contributed by atoms with Gasteiger partial charge in [0.15, 0.2) is 5.96 Å². The van der Waals surface area contributed by atoms with Gasteiger partial charge in [0.25, 0.3) is 0 Å². The van der Waals surface area contributed by atoms with Crippen LogP contribution in [0.2, 0.25) is 0 Å². The van der Waals surface area contributed by atoms with Crippen molar-refractivity contribution in [3.8, 4) is 0 Å². The van der Waals surface area contributed by atoms with Gasteiger partial charge in [0.2, 0.25) is 0 Å². The van der Waals surface area contributed by atoms with Crippen LogP contribution in [0, 0.1) is 0 Å². The summed E-state index contributed by atoms with van der Waals surface area (Å²) in [6.45, 7) is 6.91. The fourth-order valence-corrected chi connectivity index (χ4v) is 2.63. The lowest BCUT2D eigenvalue weighted by atomic mass is 10.0. The summed E-state index contributed by atoms with van der Waals surface area (Å²) in [6, 6.07) is 10.6. The normalized spacial score (nSPS) is 16.4. The maximum absolute atomic E-state index is 5.46. The van der Waals surface area contributed by atoms with Crippen molar-refractivity contribution in [2.75, 3.05) is 33.8 Å². The Morgan fingerprint density at radius 1 is 1.26 bits per heavy atom. The van der Waals surface area contributed by atoms with Crippen molar-refractivity contribution in [1.82, 2.24) is 10.2 Å². The van der Waals surface area contributed by atoms with Crippen molar-refractivity contribution >= 4 is 12.0 Å². The van der Waals surface area contributed by atoms with Crippen LogP contribution in [0.4, 0.5) is 0 Å². The highest BCUT2D eigenvalue weighted by Gasteiger charge is 2.21. The summed E-state index contributed by atoms with van der Waals surface area (Å²) in [5, 5.41) is 3.43. The number of likely N-dealkylation sites (tertiary alicyclic amines) is 1. The SMILES string of the molecule is CN=C(NCC(C)(C)OC)N1CCC(=Cc2ccccc2)CC1. The highest BCUT2D eigenvalue weighted by Crippen LogP contribution is 2.19. The van der Waals surface area contributed by atoms with Crippen molar-refractivity contribution in [2.45, 2.75) is 32.3 Å². The predicted octanol–water partition coefficient (Wildman–Crippen LogP) is 3.17. The molecule has 0 aromatic heterocycles. The van der Waals surface area contributed by atoms with E-state index in [1.807, 2.05) is 7.05 Å². The smallest absolute Gasteiger partial charge is 0.193 e. The van der Waals surface area contributed by atoms with Gasteiger partial charge in [0.1, 0.15) is 0 Å². The van der Waals surface area contributed by atoms with Gasteiger partial charge in [-0.2, -0.15) is 0 Å². The Balaban J connectivity index is 1.89. The summed E-state index contributed by atoms with van der Waals surface area (Å²) in [6.07, 6.45) is 4.49. The zero-order chi connectivity index (χ0) is 16.7. The van der Waals surface area contributed by atoms with Gasteiger partial charge in [-0.3, -0.25) is 4.99 Å². The van der Waals surface area contributed by atoms with Crippen LogP contribution >= 0.6 is 0 Å². The summed E-state index contributed by atoms with van der Waals surface area (Å²) in [7, 11) is 3.59. The largest absolute Gasteiger partial charge is 0.377 e. The molecule has 1 aliphatic rings. The summed E-state index contributed by atoms with van der Waals surface area (Å²) in [4.78, 5) is 6.74. The molecule has 1 saturated heterocycles. The van der Waals surface area contributed by atoms with E-state index in [-0.39, 0.29) is 5.60 Å². The molecule has 0 aliphatic carbocycles. The molecule has 1 fully saturated rings. The Labute approximate surface area is 140 Å². The molecule has 1 aromatic rings. The maximum Gasteiger partial charge on any atom is 0.193 e. The standard InChI is InChI=1S/C19H29N3O/c1-19(2,23-4)15-21-18(20-3)22-12-10-17(11-13-22)14-16-8-6-5-7-9-16/h5-9,14H,10-13,15H2,1-4H3,(H,20,21). The van der Waals surface area contributed by atoms with Crippen molar-refractivity contribution in [1.29, 1.82) is 0 Å². The van der Waals surface area contributed by atoms with Crippen LogP contribution < -0.4 is 5.32 Å². The zero-order valence-corrected chi connectivity index (χ0v) is 14.8. The van der Waals surface area contributed by atoms with E-state index < -0.39 is 0 Å². The number of hydrogen-bond donors (Lipinski definition) is 1. The van der Waals surface area contributed by atoms with E-state index in [4.69, 9.17) is 4.74 Å². The number of methoxy groups -OCH3 is 1. The second kappa shape index (κ2) is 8.16. The number of aliphatic imine (C=N–C) groups is 1. The minimum Gasteiger partial charge on any atom is -0.377 e. The van der Waals surface area contributed by atoms with Crippen LogP contribution in [0.3, 0.4) is 0 Å². The lowest BCUT2D eigenvalue weighted by Crippen LogP contribution is -2.48. The molecule has 0 bridgehead atoms. The first kappa shape index (κ1) is 17.5. The van der Waals surface area contributed by atoms with Crippen LogP contribution in [-0.4, -0.2) is 50.3 Å². The van der Waals surface area contributed by atoms with Crippen LogP contribution in [0.5, 0.6) is 0 Å². The molecule has 1 heterocycles. The number of piperidine rings is 1. The number of nitrogens with zero attached hydrogens (tertiary/aromatic N) is 2. The molecule has 0 radical (unpaired) electrons. The lowest BCUT2D eigenvalue weighted by Gasteiger charge is -2.33. The molecule has 0 atom stereocenters. The summed E-state index contributed by atoms with van der Waals surface area (Å²) in [5.41, 5.74) is 2.62. The maximum atomic E-state index is 5.46. The Hall–Kier alpha value is -1.81. The first-order valence-corrected chi connectivity index (χ1v) is 8.29. The van der Waals surface area contributed by atoms with E-state index in [0.29, 0.717) is 0 Å². The molecule has 0 saturated carbocycles. The van der Waals surface area contributed by atoms with Crippen LogP contribution in [-0.2, 0) is 4.74 Å². The molecule has 4 nitrogen and oxygen atoms in total.